The Bertz CT molecular complexity index is 1110. The monoisotopic (exact) mass is 469 g/mol. The number of rotatable bonds is 6. The summed E-state index contributed by atoms with van der Waals surface area (Å²) < 4.78 is 17.3. The number of nitrogen functional groups attached to an aromatic ring is 1. The fourth-order valence-corrected chi connectivity index (χ4v) is 2.65. The zero-order valence-electron chi connectivity index (χ0n) is 16.2. The molecule has 0 aliphatic heterocycles. The highest BCUT2D eigenvalue weighted by atomic mass is 35.5. The average molecular weight is 470 g/mol. The first-order chi connectivity index (χ1) is 14.7. The summed E-state index contributed by atoms with van der Waals surface area (Å²) in [6.45, 7) is 0.195. The number of benzene rings is 1. The number of halogens is 3. The average Bonchev–Trinajstić information content (AvgIpc) is 3.14. The van der Waals surface area contributed by atoms with Crippen LogP contribution in [0.1, 0.15) is 28.9 Å². The molecule has 1 aromatic carbocycles. The Hall–Kier alpha value is -3.24. The van der Waals surface area contributed by atoms with Gasteiger partial charge in [0.25, 0.3) is 5.91 Å². The highest BCUT2D eigenvalue weighted by Gasteiger charge is 2.15. The molecule has 3 rings (SSSR count). The van der Waals surface area contributed by atoms with Crippen molar-refractivity contribution in [2.24, 2.45) is 0 Å². The smallest absolute Gasteiger partial charge is 0.305 e. The zero-order valence-corrected chi connectivity index (χ0v) is 17.8. The second kappa shape index (κ2) is 11.2. The number of carbonyl (C=O) groups excluding carboxylic acids is 3. The molecule has 31 heavy (non-hydrogen) atoms. The van der Waals surface area contributed by atoms with Crippen molar-refractivity contribution in [1.82, 2.24) is 20.3 Å². The lowest BCUT2D eigenvalue weighted by Crippen LogP contribution is -2.24. The Kier molecular flexibility index (Phi) is 8.71. The molecule has 3 aromatic rings. The molecule has 9 nitrogen and oxygen atoms in total. The Morgan fingerprint density at radius 2 is 2.00 bits per heavy atom. The number of aromatic amines is 1. The summed E-state index contributed by atoms with van der Waals surface area (Å²) in [5.41, 5.74) is 8.00. The predicted octanol–water partition coefficient (Wildman–Crippen LogP) is 2.97. The number of nitrogens with zero attached hydrogens (tertiary/aromatic N) is 2. The summed E-state index contributed by atoms with van der Waals surface area (Å²) in [7, 11) is 1.26. The lowest BCUT2D eigenvalue weighted by atomic mass is 10.2. The van der Waals surface area contributed by atoms with Gasteiger partial charge in [0, 0.05) is 19.2 Å². The molecule has 0 saturated heterocycles. The minimum Gasteiger partial charge on any atom is -0.469 e. The number of nitrogens with one attached hydrogen (secondary N) is 2. The Morgan fingerprint density at radius 3 is 2.65 bits per heavy atom. The third-order valence-electron chi connectivity index (χ3n) is 3.90. The molecule has 164 valence electrons. The van der Waals surface area contributed by atoms with Crippen LogP contribution in [0, 0.1) is 5.82 Å². The second-order valence-corrected chi connectivity index (χ2v) is 6.88. The standard InChI is InChI=1S/C14H11ClFN5O.C5H7ClO3/c15-8-3-7(1-2-9(8)16)4-19-14(22)13-12-11(20-6-21-13)10(17)5-18-12;1-9-5(8)3-2-4(6)7/h1-3,5-6,18H,4,17H2,(H,19,22);2-3H2,1H3. The van der Waals surface area contributed by atoms with Crippen LogP contribution >= 0.6 is 23.2 Å². The number of hydrogen-bond donors (Lipinski definition) is 3. The fraction of sp³-hybridized carbons (Fsp3) is 0.211. The Labute approximate surface area is 186 Å². The van der Waals surface area contributed by atoms with E-state index in [2.05, 4.69) is 25.0 Å². The third kappa shape index (κ3) is 6.90. The fourth-order valence-electron chi connectivity index (χ4n) is 2.35. The van der Waals surface area contributed by atoms with Gasteiger partial charge in [-0.15, -0.1) is 0 Å². The first-order valence-electron chi connectivity index (χ1n) is 8.77. The maximum absolute atomic E-state index is 13.1. The molecular formula is C19H18Cl2FN5O4. The largest absolute Gasteiger partial charge is 0.469 e. The van der Waals surface area contributed by atoms with E-state index in [1.165, 1.54) is 25.6 Å². The first-order valence-corrected chi connectivity index (χ1v) is 9.53. The predicted molar refractivity (Wildman–Crippen MR) is 113 cm³/mol. The highest BCUT2D eigenvalue weighted by molar-refractivity contribution is 6.63. The van der Waals surface area contributed by atoms with Gasteiger partial charge in [0.2, 0.25) is 5.24 Å². The van der Waals surface area contributed by atoms with Gasteiger partial charge in [-0.05, 0) is 29.3 Å². The number of methoxy groups -OCH3 is 1. The van der Waals surface area contributed by atoms with Crippen LogP contribution < -0.4 is 11.1 Å². The van der Waals surface area contributed by atoms with Crippen LogP contribution in [-0.2, 0) is 20.9 Å². The lowest BCUT2D eigenvalue weighted by molar-refractivity contribution is -0.141. The number of hydrogen-bond acceptors (Lipinski definition) is 7. The van der Waals surface area contributed by atoms with Gasteiger partial charge in [-0.2, -0.15) is 0 Å². The van der Waals surface area contributed by atoms with Gasteiger partial charge in [-0.3, -0.25) is 14.4 Å². The summed E-state index contributed by atoms with van der Waals surface area (Å²) in [5, 5.41) is 2.19. The quantitative estimate of drug-likeness (QED) is 0.372. The number of aromatic nitrogens is 3. The van der Waals surface area contributed by atoms with Gasteiger partial charge in [0.15, 0.2) is 5.69 Å². The number of ether oxygens (including phenoxy) is 1. The van der Waals surface area contributed by atoms with Gasteiger partial charge in [0.05, 0.1) is 29.8 Å². The molecule has 4 N–H and O–H groups in total. The zero-order chi connectivity index (χ0) is 23.0. The van der Waals surface area contributed by atoms with Crippen molar-refractivity contribution in [3.63, 3.8) is 0 Å². The summed E-state index contributed by atoms with van der Waals surface area (Å²) in [6.07, 6.45) is 2.94. The van der Waals surface area contributed by atoms with Crippen LogP contribution in [0.5, 0.6) is 0 Å². The van der Waals surface area contributed by atoms with Gasteiger partial charge in [0.1, 0.15) is 17.7 Å². The van der Waals surface area contributed by atoms with E-state index in [0.717, 1.165) is 0 Å². The maximum atomic E-state index is 13.1. The second-order valence-electron chi connectivity index (χ2n) is 6.05. The normalized spacial score (nSPS) is 10.2. The molecule has 0 aliphatic carbocycles. The van der Waals surface area contributed by atoms with Crippen molar-refractivity contribution in [3.8, 4) is 0 Å². The molecular weight excluding hydrogens is 452 g/mol. The number of anilines is 1. The molecule has 0 unspecified atom stereocenters. The molecule has 0 spiro atoms. The SMILES string of the molecule is COC(=O)CCC(=O)Cl.Nc1c[nH]c2c(C(=O)NCc3ccc(F)c(Cl)c3)ncnc12. The van der Waals surface area contributed by atoms with Crippen LogP contribution in [0.25, 0.3) is 11.0 Å². The molecule has 2 aromatic heterocycles. The summed E-state index contributed by atoms with van der Waals surface area (Å²) in [6, 6.07) is 4.25. The van der Waals surface area contributed by atoms with E-state index in [4.69, 9.17) is 28.9 Å². The van der Waals surface area contributed by atoms with Crippen molar-refractivity contribution in [2.45, 2.75) is 19.4 Å². The molecule has 0 atom stereocenters. The van der Waals surface area contributed by atoms with E-state index in [0.29, 0.717) is 22.3 Å². The van der Waals surface area contributed by atoms with Crippen LogP contribution in [0.4, 0.5) is 10.1 Å². The van der Waals surface area contributed by atoms with E-state index < -0.39 is 22.9 Å². The highest BCUT2D eigenvalue weighted by Crippen LogP contribution is 2.19. The third-order valence-corrected chi connectivity index (χ3v) is 4.38. The Balaban J connectivity index is 0.000000323. The minimum atomic E-state index is -0.514. The first kappa shape index (κ1) is 24.0. The van der Waals surface area contributed by atoms with Crippen molar-refractivity contribution in [3.05, 3.63) is 52.8 Å². The van der Waals surface area contributed by atoms with E-state index in [-0.39, 0.29) is 30.1 Å². The van der Waals surface area contributed by atoms with Crippen LogP contribution in [0.2, 0.25) is 5.02 Å². The molecule has 2 heterocycles. The summed E-state index contributed by atoms with van der Waals surface area (Å²) in [5.74, 6) is -1.31. The van der Waals surface area contributed by atoms with E-state index >= 15 is 0 Å². The van der Waals surface area contributed by atoms with Crippen molar-refractivity contribution < 1.29 is 23.5 Å². The van der Waals surface area contributed by atoms with Crippen molar-refractivity contribution in [2.75, 3.05) is 12.8 Å². The molecule has 0 saturated carbocycles. The van der Waals surface area contributed by atoms with E-state index in [1.807, 2.05) is 0 Å². The summed E-state index contributed by atoms with van der Waals surface area (Å²) >= 11 is 10.6. The molecule has 1 amide bonds. The topological polar surface area (TPSA) is 140 Å². The number of fused-ring (bicyclic) bond motifs is 1. The maximum Gasteiger partial charge on any atom is 0.305 e. The number of esters is 1. The molecule has 0 aliphatic rings. The number of carbonyl (C=O) groups is 3. The molecule has 0 radical (unpaired) electrons. The number of H-pyrrole nitrogens is 1. The lowest BCUT2D eigenvalue weighted by Gasteiger charge is -2.06. The van der Waals surface area contributed by atoms with Gasteiger partial charge < -0.3 is 20.8 Å². The molecule has 0 bridgehead atoms. The Morgan fingerprint density at radius 1 is 1.26 bits per heavy atom. The van der Waals surface area contributed by atoms with E-state index in [1.54, 1.807) is 12.3 Å². The van der Waals surface area contributed by atoms with Gasteiger partial charge in [-0.1, -0.05) is 17.7 Å². The number of nitrogens with two attached hydrogens (primary N) is 1. The van der Waals surface area contributed by atoms with Gasteiger partial charge in [-0.25, -0.2) is 14.4 Å². The molecule has 12 heteroatoms. The van der Waals surface area contributed by atoms with Crippen molar-refractivity contribution in [1.29, 1.82) is 0 Å². The molecule has 0 fully saturated rings. The van der Waals surface area contributed by atoms with Crippen LogP contribution in [0.15, 0.2) is 30.7 Å². The van der Waals surface area contributed by atoms with E-state index in [9.17, 15) is 18.8 Å². The van der Waals surface area contributed by atoms with Crippen LogP contribution in [0.3, 0.4) is 0 Å². The number of amides is 1. The van der Waals surface area contributed by atoms with Gasteiger partial charge >= 0.3 is 5.97 Å². The minimum absolute atomic E-state index is 0.00770. The van der Waals surface area contributed by atoms with Crippen LogP contribution in [-0.4, -0.2) is 39.2 Å². The summed E-state index contributed by atoms with van der Waals surface area (Å²) in [4.78, 5) is 43.4. The van der Waals surface area contributed by atoms with Crippen molar-refractivity contribution >= 4 is 57.0 Å².